The molecule has 0 saturated heterocycles. The molecule has 0 radical (unpaired) electrons. The SMILES string of the molecule is CCc1ccc(-c2noc(C3=C(C)N(c4ccccc4)C(=O)NC3c3ccc(SC)cc3)n2)cc1. The first kappa shape index (κ1) is 22.9. The first-order chi connectivity index (χ1) is 17.1. The van der Waals surface area contributed by atoms with Crippen LogP contribution in [0.25, 0.3) is 17.0 Å². The Balaban J connectivity index is 1.61. The van der Waals surface area contributed by atoms with E-state index in [-0.39, 0.29) is 6.03 Å². The predicted molar refractivity (Wildman–Crippen MR) is 140 cm³/mol. The molecule has 6 nitrogen and oxygen atoms in total. The van der Waals surface area contributed by atoms with Crippen LogP contribution < -0.4 is 10.2 Å². The van der Waals surface area contributed by atoms with Crippen LogP contribution in [0.2, 0.25) is 0 Å². The summed E-state index contributed by atoms with van der Waals surface area (Å²) in [5.74, 6) is 0.902. The van der Waals surface area contributed by atoms with Crippen LogP contribution in [0.5, 0.6) is 0 Å². The van der Waals surface area contributed by atoms with Crippen LogP contribution in [0.3, 0.4) is 0 Å². The van der Waals surface area contributed by atoms with Crippen LogP contribution in [-0.4, -0.2) is 22.4 Å². The Morgan fingerprint density at radius 2 is 1.71 bits per heavy atom. The standard InChI is InChI=1S/C28H26N4O2S/c1-4-19-10-12-21(13-11-19)26-30-27(34-31-26)24-18(2)32(22-8-6-5-7-9-22)28(33)29-25(24)20-14-16-23(35-3)17-15-20/h5-17,25H,4H2,1-3H3,(H,29,33). The fraction of sp³-hybridized carbons (Fsp3) is 0.179. The number of carbonyl (C=O) groups is 1. The zero-order valence-electron chi connectivity index (χ0n) is 19.9. The Hall–Kier alpha value is -3.84. The second-order valence-electron chi connectivity index (χ2n) is 8.30. The number of thioether (sulfide) groups is 1. The molecule has 5 rings (SSSR count). The number of allylic oxidation sites excluding steroid dienone is 1. The van der Waals surface area contributed by atoms with Crippen LogP contribution in [-0.2, 0) is 6.42 Å². The van der Waals surface area contributed by atoms with Crippen molar-refractivity contribution in [3.05, 3.63) is 102 Å². The van der Waals surface area contributed by atoms with Gasteiger partial charge in [-0.2, -0.15) is 4.98 Å². The average molecular weight is 483 g/mol. The van der Waals surface area contributed by atoms with Gasteiger partial charge in [-0.05, 0) is 55.0 Å². The second kappa shape index (κ2) is 9.80. The van der Waals surface area contributed by atoms with Crippen molar-refractivity contribution >= 4 is 29.1 Å². The molecule has 176 valence electrons. The largest absolute Gasteiger partial charge is 0.334 e. The lowest BCUT2D eigenvalue weighted by Crippen LogP contribution is -2.46. The first-order valence-corrected chi connectivity index (χ1v) is 12.7. The number of rotatable bonds is 6. The number of urea groups is 1. The van der Waals surface area contributed by atoms with E-state index in [0.717, 1.165) is 39.4 Å². The van der Waals surface area contributed by atoms with Crippen LogP contribution in [0.15, 0.2) is 94.0 Å². The topological polar surface area (TPSA) is 71.3 Å². The Morgan fingerprint density at radius 3 is 2.37 bits per heavy atom. The highest BCUT2D eigenvalue weighted by atomic mass is 32.2. The van der Waals surface area contributed by atoms with Crippen molar-refractivity contribution in [3.63, 3.8) is 0 Å². The molecule has 4 aromatic rings. The van der Waals surface area contributed by atoms with Crippen molar-refractivity contribution in [2.75, 3.05) is 11.2 Å². The highest BCUT2D eigenvalue weighted by Crippen LogP contribution is 2.39. The number of aromatic nitrogens is 2. The van der Waals surface area contributed by atoms with Gasteiger partial charge in [0.15, 0.2) is 0 Å². The van der Waals surface area contributed by atoms with Gasteiger partial charge in [0.1, 0.15) is 0 Å². The second-order valence-corrected chi connectivity index (χ2v) is 9.18. The van der Waals surface area contributed by atoms with E-state index in [4.69, 9.17) is 9.51 Å². The summed E-state index contributed by atoms with van der Waals surface area (Å²) in [7, 11) is 0. The third-order valence-corrected chi connectivity index (χ3v) is 6.97. The summed E-state index contributed by atoms with van der Waals surface area (Å²) in [5.41, 5.74) is 5.37. The lowest BCUT2D eigenvalue weighted by molar-refractivity contribution is 0.244. The third-order valence-electron chi connectivity index (χ3n) is 6.23. The van der Waals surface area contributed by atoms with Gasteiger partial charge in [-0.15, -0.1) is 11.8 Å². The van der Waals surface area contributed by atoms with Crippen molar-refractivity contribution < 1.29 is 9.32 Å². The van der Waals surface area contributed by atoms with Crippen molar-refractivity contribution in [2.24, 2.45) is 0 Å². The first-order valence-electron chi connectivity index (χ1n) is 11.5. The molecular formula is C28H26N4O2S. The van der Waals surface area contributed by atoms with Gasteiger partial charge >= 0.3 is 6.03 Å². The lowest BCUT2D eigenvalue weighted by atomic mass is 9.94. The maximum Gasteiger partial charge on any atom is 0.326 e. The number of para-hydroxylation sites is 1. The summed E-state index contributed by atoms with van der Waals surface area (Å²) >= 11 is 1.68. The number of anilines is 1. The van der Waals surface area contributed by atoms with E-state index in [1.165, 1.54) is 5.56 Å². The van der Waals surface area contributed by atoms with Gasteiger partial charge in [-0.3, -0.25) is 4.90 Å². The van der Waals surface area contributed by atoms with E-state index in [9.17, 15) is 4.79 Å². The maximum atomic E-state index is 13.3. The molecular weight excluding hydrogens is 456 g/mol. The number of amides is 2. The molecule has 1 aromatic heterocycles. The Bertz CT molecular complexity index is 1360. The van der Waals surface area contributed by atoms with E-state index in [0.29, 0.717) is 11.7 Å². The number of carbonyl (C=O) groups excluding carboxylic acids is 1. The molecule has 1 atom stereocenters. The molecule has 3 aromatic carbocycles. The van der Waals surface area contributed by atoms with E-state index < -0.39 is 6.04 Å². The molecule has 0 bridgehead atoms. The summed E-state index contributed by atoms with van der Waals surface area (Å²) < 4.78 is 5.80. The molecule has 1 N–H and O–H groups in total. The smallest absolute Gasteiger partial charge is 0.326 e. The molecule has 2 amide bonds. The third kappa shape index (κ3) is 4.47. The fourth-order valence-corrected chi connectivity index (χ4v) is 4.70. The normalized spacial score (nSPS) is 15.9. The molecule has 0 spiro atoms. The van der Waals surface area contributed by atoms with Gasteiger partial charge in [-0.25, -0.2) is 4.79 Å². The lowest BCUT2D eigenvalue weighted by Gasteiger charge is -2.35. The van der Waals surface area contributed by atoms with E-state index in [1.54, 1.807) is 16.7 Å². The Kier molecular flexibility index (Phi) is 6.42. The molecule has 0 fully saturated rings. The minimum absolute atomic E-state index is 0.203. The number of benzene rings is 3. The number of hydrogen-bond donors (Lipinski definition) is 1. The van der Waals surface area contributed by atoms with Gasteiger partial charge in [0.2, 0.25) is 5.82 Å². The van der Waals surface area contributed by atoms with Crippen molar-refractivity contribution in [3.8, 4) is 11.4 Å². The predicted octanol–water partition coefficient (Wildman–Crippen LogP) is 6.72. The zero-order chi connectivity index (χ0) is 24.4. The molecule has 2 heterocycles. The van der Waals surface area contributed by atoms with Gasteiger partial charge in [-0.1, -0.05) is 66.7 Å². The minimum Gasteiger partial charge on any atom is -0.334 e. The molecule has 1 aliphatic rings. The van der Waals surface area contributed by atoms with Crippen molar-refractivity contribution in [1.82, 2.24) is 15.5 Å². The van der Waals surface area contributed by atoms with Gasteiger partial charge < -0.3 is 9.84 Å². The maximum absolute atomic E-state index is 13.3. The van der Waals surface area contributed by atoms with Crippen molar-refractivity contribution in [1.29, 1.82) is 0 Å². The molecule has 0 saturated carbocycles. The number of hydrogen-bond acceptors (Lipinski definition) is 5. The van der Waals surface area contributed by atoms with E-state index in [2.05, 4.69) is 41.7 Å². The van der Waals surface area contributed by atoms with Crippen LogP contribution in [0.4, 0.5) is 10.5 Å². The molecule has 1 aliphatic heterocycles. The quantitative estimate of drug-likeness (QED) is 0.309. The minimum atomic E-state index is -0.422. The van der Waals surface area contributed by atoms with E-state index in [1.807, 2.05) is 67.8 Å². The average Bonchev–Trinajstić information content (AvgIpc) is 3.39. The van der Waals surface area contributed by atoms with Gasteiger partial charge in [0, 0.05) is 16.2 Å². The summed E-state index contributed by atoms with van der Waals surface area (Å²) in [6.07, 6.45) is 3.01. The molecule has 0 aliphatic carbocycles. The van der Waals surface area contributed by atoms with Gasteiger partial charge in [0.05, 0.1) is 17.3 Å². The summed E-state index contributed by atoms with van der Waals surface area (Å²) in [4.78, 5) is 20.8. The monoisotopic (exact) mass is 482 g/mol. The number of aryl methyl sites for hydroxylation is 1. The van der Waals surface area contributed by atoms with Crippen LogP contribution >= 0.6 is 11.8 Å². The molecule has 7 heteroatoms. The molecule has 35 heavy (non-hydrogen) atoms. The Morgan fingerprint density at radius 1 is 1.00 bits per heavy atom. The van der Waals surface area contributed by atoms with Crippen LogP contribution in [0, 0.1) is 0 Å². The highest BCUT2D eigenvalue weighted by Gasteiger charge is 2.36. The molecule has 1 unspecified atom stereocenters. The van der Waals surface area contributed by atoms with Gasteiger partial charge in [0.25, 0.3) is 5.89 Å². The summed E-state index contributed by atoms with van der Waals surface area (Å²) in [5, 5.41) is 7.43. The number of nitrogens with zero attached hydrogens (tertiary/aromatic N) is 3. The summed E-state index contributed by atoms with van der Waals surface area (Å²) in [6, 6.07) is 25.3. The Labute approximate surface area is 209 Å². The van der Waals surface area contributed by atoms with E-state index >= 15 is 0 Å². The fourth-order valence-electron chi connectivity index (χ4n) is 4.29. The van der Waals surface area contributed by atoms with Crippen molar-refractivity contribution in [2.45, 2.75) is 31.2 Å². The van der Waals surface area contributed by atoms with Crippen LogP contribution in [0.1, 0.15) is 36.9 Å². The highest BCUT2D eigenvalue weighted by molar-refractivity contribution is 7.98. The summed E-state index contributed by atoms with van der Waals surface area (Å²) in [6.45, 7) is 4.04. The zero-order valence-corrected chi connectivity index (χ0v) is 20.7. The number of nitrogens with one attached hydrogen (secondary N) is 1.